The van der Waals surface area contributed by atoms with Crippen LogP contribution in [0.25, 0.3) is 0 Å². The highest BCUT2D eigenvalue weighted by atomic mass is 79.9. The lowest BCUT2D eigenvalue weighted by Crippen LogP contribution is -2.00. The van der Waals surface area contributed by atoms with Gasteiger partial charge in [0.15, 0.2) is 0 Å². The Hall–Kier alpha value is -1.69. The van der Waals surface area contributed by atoms with Crippen molar-refractivity contribution in [1.82, 2.24) is 9.78 Å². The molecule has 5 nitrogen and oxygen atoms in total. The summed E-state index contributed by atoms with van der Waals surface area (Å²) in [6, 6.07) is 9.82. The number of aryl methyl sites for hydroxylation is 1. The average molecular weight is 324 g/mol. The molecular weight excluding hydrogens is 310 g/mol. The van der Waals surface area contributed by atoms with Crippen LogP contribution in [0.4, 0.5) is 5.82 Å². The van der Waals surface area contributed by atoms with Crippen LogP contribution in [-0.2, 0) is 13.5 Å². The number of alkyl halides is 1. The summed E-state index contributed by atoms with van der Waals surface area (Å²) in [7, 11) is 1.60. The van der Waals surface area contributed by atoms with E-state index < -0.39 is 0 Å². The van der Waals surface area contributed by atoms with Crippen molar-refractivity contribution in [2.75, 3.05) is 0 Å². The molecular formula is C13H14BrN3O2. The minimum atomic E-state index is -0.380. The van der Waals surface area contributed by atoms with Crippen LogP contribution in [0.5, 0.6) is 0 Å². The fourth-order valence-electron chi connectivity index (χ4n) is 2.13. The van der Waals surface area contributed by atoms with Crippen LogP contribution < -0.4 is 0 Å². The minimum Gasteiger partial charge on any atom is -0.358 e. The molecule has 2 rings (SSSR count). The molecule has 100 valence electrons. The first-order chi connectivity index (χ1) is 9.00. The van der Waals surface area contributed by atoms with Crippen molar-refractivity contribution in [3.05, 3.63) is 57.3 Å². The molecule has 0 amide bonds. The molecule has 1 aromatic heterocycles. The summed E-state index contributed by atoms with van der Waals surface area (Å²) in [6.07, 6.45) is 0.591. The van der Waals surface area contributed by atoms with E-state index in [0.29, 0.717) is 12.0 Å². The van der Waals surface area contributed by atoms with Crippen LogP contribution in [0.1, 0.15) is 28.6 Å². The van der Waals surface area contributed by atoms with Crippen LogP contribution >= 0.6 is 15.9 Å². The lowest BCUT2D eigenvalue weighted by Gasteiger charge is -2.04. The highest BCUT2D eigenvalue weighted by molar-refractivity contribution is 9.09. The van der Waals surface area contributed by atoms with Gasteiger partial charge in [-0.25, -0.2) is 0 Å². The standard InChI is InChI=1S/C13H14BrN3O2/c1-9(14)12-11(8-10-6-4-3-5-7-10)15-16(2)13(12)17(18)19/h3-7,9H,8H2,1-2H3. The van der Waals surface area contributed by atoms with Gasteiger partial charge in [-0.2, -0.15) is 0 Å². The van der Waals surface area contributed by atoms with Gasteiger partial charge >= 0.3 is 5.82 Å². The van der Waals surface area contributed by atoms with Gasteiger partial charge in [0.05, 0.1) is 5.56 Å². The Kier molecular flexibility index (Phi) is 3.99. The van der Waals surface area contributed by atoms with Crippen LogP contribution in [-0.4, -0.2) is 14.7 Å². The van der Waals surface area contributed by atoms with E-state index in [0.717, 1.165) is 11.3 Å². The van der Waals surface area contributed by atoms with Crippen molar-refractivity contribution in [3.63, 3.8) is 0 Å². The molecule has 0 aliphatic carbocycles. The van der Waals surface area contributed by atoms with Gasteiger partial charge in [-0.3, -0.25) is 0 Å². The number of nitrogens with zero attached hydrogens (tertiary/aromatic N) is 3. The van der Waals surface area contributed by atoms with Gasteiger partial charge in [-0.1, -0.05) is 51.4 Å². The first-order valence-electron chi connectivity index (χ1n) is 5.89. The van der Waals surface area contributed by atoms with E-state index in [1.54, 1.807) is 7.05 Å². The maximum atomic E-state index is 11.1. The molecule has 1 unspecified atom stereocenters. The van der Waals surface area contributed by atoms with E-state index in [1.165, 1.54) is 4.68 Å². The van der Waals surface area contributed by atoms with Crippen LogP contribution in [0, 0.1) is 10.1 Å². The van der Waals surface area contributed by atoms with Crippen molar-refractivity contribution < 1.29 is 4.92 Å². The summed E-state index contributed by atoms with van der Waals surface area (Å²) in [5, 5.41) is 15.4. The second kappa shape index (κ2) is 5.52. The zero-order valence-corrected chi connectivity index (χ0v) is 12.3. The predicted octanol–water partition coefficient (Wildman–Crippen LogP) is 3.38. The third-order valence-corrected chi connectivity index (χ3v) is 3.37. The molecule has 0 spiro atoms. The van der Waals surface area contributed by atoms with E-state index in [2.05, 4.69) is 21.0 Å². The summed E-state index contributed by atoms with van der Waals surface area (Å²) in [5.74, 6) is 0.0512. The summed E-state index contributed by atoms with van der Waals surface area (Å²) in [5.41, 5.74) is 2.48. The molecule has 0 radical (unpaired) electrons. The molecule has 0 fully saturated rings. The van der Waals surface area contributed by atoms with E-state index in [-0.39, 0.29) is 15.6 Å². The lowest BCUT2D eigenvalue weighted by atomic mass is 10.1. The van der Waals surface area contributed by atoms with Crippen molar-refractivity contribution in [1.29, 1.82) is 0 Å². The average Bonchev–Trinajstić information content (AvgIpc) is 2.67. The fraction of sp³-hybridized carbons (Fsp3) is 0.308. The molecule has 0 aliphatic rings. The number of nitro groups is 1. The first-order valence-corrected chi connectivity index (χ1v) is 6.80. The molecule has 0 saturated carbocycles. The summed E-state index contributed by atoms with van der Waals surface area (Å²) < 4.78 is 1.34. The van der Waals surface area contributed by atoms with Gasteiger partial charge in [-0.05, 0) is 17.4 Å². The second-order valence-corrected chi connectivity index (χ2v) is 5.72. The Bertz CT molecular complexity index is 593. The maximum absolute atomic E-state index is 11.1. The summed E-state index contributed by atoms with van der Waals surface area (Å²) in [6.45, 7) is 1.87. The topological polar surface area (TPSA) is 61.0 Å². The van der Waals surface area contributed by atoms with Gasteiger partial charge in [-0.15, -0.1) is 4.68 Å². The van der Waals surface area contributed by atoms with Crippen molar-refractivity contribution >= 4 is 21.7 Å². The van der Waals surface area contributed by atoms with E-state index in [9.17, 15) is 10.1 Å². The molecule has 6 heteroatoms. The number of rotatable bonds is 4. The van der Waals surface area contributed by atoms with Crippen LogP contribution in [0.3, 0.4) is 0 Å². The molecule has 1 aromatic carbocycles. The molecule has 0 aliphatic heterocycles. The summed E-state index contributed by atoms with van der Waals surface area (Å²) >= 11 is 3.42. The Morgan fingerprint density at radius 1 is 1.42 bits per heavy atom. The Morgan fingerprint density at radius 2 is 2.05 bits per heavy atom. The highest BCUT2D eigenvalue weighted by Crippen LogP contribution is 2.34. The van der Waals surface area contributed by atoms with Crippen molar-refractivity contribution in [2.45, 2.75) is 18.2 Å². The quantitative estimate of drug-likeness (QED) is 0.492. The Morgan fingerprint density at radius 3 is 2.58 bits per heavy atom. The van der Waals surface area contributed by atoms with E-state index in [4.69, 9.17) is 0 Å². The predicted molar refractivity (Wildman–Crippen MR) is 76.5 cm³/mol. The number of halogens is 1. The molecule has 0 N–H and O–H groups in total. The third kappa shape index (κ3) is 2.84. The smallest absolute Gasteiger partial charge is 0.349 e. The maximum Gasteiger partial charge on any atom is 0.349 e. The monoisotopic (exact) mass is 323 g/mol. The van der Waals surface area contributed by atoms with Gasteiger partial charge in [0, 0.05) is 11.2 Å². The zero-order valence-electron chi connectivity index (χ0n) is 10.7. The van der Waals surface area contributed by atoms with Gasteiger partial charge < -0.3 is 10.1 Å². The SMILES string of the molecule is CC(Br)c1c(Cc2ccccc2)nn(C)c1[N+](=O)[O-]. The molecule has 0 saturated heterocycles. The van der Waals surface area contributed by atoms with E-state index in [1.807, 2.05) is 37.3 Å². The number of benzene rings is 1. The van der Waals surface area contributed by atoms with E-state index >= 15 is 0 Å². The number of hydrogen-bond donors (Lipinski definition) is 0. The Labute approximate surface area is 119 Å². The fourth-order valence-corrected chi connectivity index (χ4v) is 2.60. The van der Waals surface area contributed by atoms with Gasteiger partial charge in [0.1, 0.15) is 12.7 Å². The third-order valence-electron chi connectivity index (χ3n) is 2.91. The number of hydrogen-bond acceptors (Lipinski definition) is 3. The zero-order chi connectivity index (χ0) is 14.0. The molecule has 0 bridgehead atoms. The highest BCUT2D eigenvalue weighted by Gasteiger charge is 2.28. The first kappa shape index (κ1) is 13.7. The van der Waals surface area contributed by atoms with Gasteiger partial charge in [0.2, 0.25) is 0 Å². The number of aromatic nitrogens is 2. The molecule has 19 heavy (non-hydrogen) atoms. The van der Waals surface area contributed by atoms with Crippen molar-refractivity contribution in [2.24, 2.45) is 7.05 Å². The molecule has 1 heterocycles. The molecule has 2 aromatic rings. The van der Waals surface area contributed by atoms with Crippen LogP contribution in [0.2, 0.25) is 0 Å². The van der Waals surface area contributed by atoms with Gasteiger partial charge in [0.25, 0.3) is 0 Å². The Balaban J connectivity index is 2.46. The second-order valence-electron chi connectivity index (χ2n) is 4.34. The van der Waals surface area contributed by atoms with Crippen molar-refractivity contribution in [3.8, 4) is 0 Å². The van der Waals surface area contributed by atoms with Crippen LogP contribution in [0.15, 0.2) is 30.3 Å². The lowest BCUT2D eigenvalue weighted by molar-refractivity contribution is -0.393. The normalized spacial score (nSPS) is 12.4. The minimum absolute atomic E-state index is 0.0512. The largest absolute Gasteiger partial charge is 0.358 e. The molecule has 1 atom stereocenters. The summed E-state index contributed by atoms with van der Waals surface area (Å²) in [4.78, 5) is 10.6.